The van der Waals surface area contributed by atoms with E-state index in [1.165, 1.54) is 11.3 Å². The standard InChI is InChI=1S/C14H11N3S/c15-13-12(10-5-2-1-3-6-10)17-14(18-13)11-7-4-8-16-9-11/h1-9H,15H2. The summed E-state index contributed by atoms with van der Waals surface area (Å²) in [7, 11) is 0. The van der Waals surface area contributed by atoms with E-state index in [1.807, 2.05) is 42.5 Å². The summed E-state index contributed by atoms with van der Waals surface area (Å²) in [4.78, 5) is 8.70. The van der Waals surface area contributed by atoms with Gasteiger partial charge < -0.3 is 5.73 Å². The highest BCUT2D eigenvalue weighted by Gasteiger charge is 2.11. The molecule has 0 saturated carbocycles. The Morgan fingerprint density at radius 1 is 0.944 bits per heavy atom. The zero-order valence-electron chi connectivity index (χ0n) is 9.58. The third kappa shape index (κ3) is 1.98. The molecule has 0 radical (unpaired) electrons. The topological polar surface area (TPSA) is 51.8 Å². The maximum Gasteiger partial charge on any atom is 0.127 e. The number of nitrogens with zero attached hydrogens (tertiary/aromatic N) is 2. The molecule has 88 valence electrons. The lowest BCUT2D eigenvalue weighted by atomic mass is 10.2. The Labute approximate surface area is 109 Å². The van der Waals surface area contributed by atoms with E-state index in [0.717, 1.165) is 26.8 Å². The molecule has 0 atom stereocenters. The number of nitrogens with two attached hydrogens (primary N) is 1. The molecule has 0 unspecified atom stereocenters. The van der Waals surface area contributed by atoms with Gasteiger partial charge in [-0.25, -0.2) is 4.98 Å². The average Bonchev–Trinajstić information content (AvgIpc) is 2.83. The van der Waals surface area contributed by atoms with Crippen LogP contribution in [0.1, 0.15) is 0 Å². The summed E-state index contributed by atoms with van der Waals surface area (Å²) in [5.74, 6) is 0. The molecule has 2 aromatic heterocycles. The molecule has 2 N–H and O–H groups in total. The van der Waals surface area contributed by atoms with Crippen LogP contribution in [0.5, 0.6) is 0 Å². The molecule has 0 bridgehead atoms. The first-order valence-corrected chi connectivity index (χ1v) is 6.38. The molecular weight excluding hydrogens is 242 g/mol. The van der Waals surface area contributed by atoms with Crippen molar-refractivity contribution in [2.24, 2.45) is 0 Å². The van der Waals surface area contributed by atoms with E-state index in [-0.39, 0.29) is 0 Å². The first-order valence-electron chi connectivity index (χ1n) is 5.57. The smallest absolute Gasteiger partial charge is 0.127 e. The summed E-state index contributed by atoms with van der Waals surface area (Å²) in [5.41, 5.74) is 8.93. The Balaban J connectivity index is 2.07. The van der Waals surface area contributed by atoms with Gasteiger partial charge in [0.25, 0.3) is 0 Å². The number of hydrogen-bond donors (Lipinski definition) is 1. The first-order chi connectivity index (χ1) is 8.84. The summed E-state index contributed by atoms with van der Waals surface area (Å²) >= 11 is 1.49. The van der Waals surface area contributed by atoms with Crippen molar-refractivity contribution in [1.82, 2.24) is 9.97 Å². The van der Waals surface area contributed by atoms with Gasteiger partial charge in [0.2, 0.25) is 0 Å². The van der Waals surface area contributed by atoms with E-state index in [4.69, 9.17) is 5.73 Å². The van der Waals surface area contributed by atoms with Crippen molar-refractivity contribution in [2.45, 2.75) is 0 Å². The molecule has 2 heterocycles. The second kappa shape index (κ2) is 4.58. The van der Waals surface area contributed by atoms with Crippen LogP contribution in [0, 0.1) is 0 Å². The van der Waals surface area contributed by atoms with Crippen LogP contribution in [0.15, 0.2) is 54.9 Å². The van der Waals surface area contributed by atoms with E-state index < -0.39 is 0 Å². The normalized spacial score (nSPS) is 10.4. The lowest BCUT2D eigenvalue weighted by Crippen LogP contribution is -1.85. The fourth-order valence-electron chi connectivity index (χ4n) is 1.75. The summed E-state index contributed by atoms with van der Waals surface area (Å²) in [6.45, 7) is 0. The quantitative estimate of drug-likeness (QED) is 0.761. The molecule has 3 aromatic rings. The van der Waals surface area contributed by atoms with Crippen LogP contribution in [0.4, 0.5) is 5.00 Å². The predicted molar refractivity (Wildman–Crippen MR) is 75.2 cm³/mol. The molecule has 0 amide bonds. The summed E-state index contributed by atoms with van der Waals surface area (Å²) in [6.07, 6.45) is 3.55. The highest BCUT2D eigenvalue weighted by molar-refractivity contribution is 7.19. The van der Waals surface area contributed by atoms with Gasteiger partial charge in [-0.3, -0.25) is 4.98 Å². The van der Waals surface area contributed by atoms with Crippen LogP contribution in [0.2, 0.25) is 0 Å². The van der Waals surface area contributed by atoms with Crippen molar-refractivity contribution in [2.75, 3.05) is 5.73 Å². The molecule has 0 aliphatic heterocycles. The number of hydrogen-bond acceptors (Lipinski definition) is 4. The first kappa shape index (κ1) is 10.9. The maximum absolute atomic E-state index is 6.05. The van der Waals surface area contributed by atoms with Crippen molar-refractivity contribution in [3.63, 3.8) is 0 Å². The number of anilines is 1. The summed E-state index contributed by atoms with van der Waals surface area (Å²) in [6, 6.07) is 13.9. The minimum Gasteiger partial charge on any atom is -0.389 e. The molecular formula is C14H11N3S. The van der Waals surface area contributed by atoms with Gasteiger partial charge in [0.05, 0.1) is 0 Å². The van der Waals surface area contributed by atoms with Crippen molar-refractivity contribution in [1.29, 1.82) is 0 Å². The van der Waals surface area contributed by atoms with Crippen LogP contribution in [-0.4, -0.2) is 9.97 Å². The molecule has 0 aliphatic carbocycles. The van der Waals surface area contributed by atoms with E-state index in [0.29, 0.717) is 0 Å². The van der Waals surface area contributed by atoms with Crippen molar-refractivity contribution >= 4 is 16.3 Å². The lowest BCUT2D eigenvalue weighted by molar-refractivity contribution is 1.31. The molecule has 0 aliphatic rings. The Kier molecular flexibility index (Phi) is 2.78. The van der Waals surface area contributed by atoms with Crippen LogP contribution >= 0.6 is 11.3 Å². The third-order valence-electron chi connectivity index (χ3n) is 2.61. The lowest BCUT2D eigenvalue weighted by Gasteiger charge is -1.96. The van der Waals surface area contributed by atoms with E-state index in [9.17, 15) is 0 Å². The fraction of sp³-hybridized carbons (Fsp3) is 0. The number of pyridine rings is 1. The maximum atomic E-state index is 6.05. The highest BCUT2D eigenvalue weighted by Crippen LogP contribution is 2.35. The number of aromatic nitrogens is 2. The number of benzene rings is 1. The summed E-state index contributed by atoms with van der Waals surface area (Å²) < 4.78 is 0. The monoisotopic (exact) mass is 253 g/mol. The van der Waals surface area contributed by atoms with Gasteiger partial charge in [-0.1, -0.05) is 41.7 Å². The molecule has 1 aromatic carbocycles. The van der Waals surface area contributed by atoms with E-state index in [2.05, 4.69) is 9.97 Å². The molecule has 3 rings (SSSR count). The predicted octanol–water partition coefficient (Wildman–Crippen LogP) is 3.45. The molecule has 3 nitrogen and oxygen atoms in total. The molecule has 0 spiro atoms. The second-order valence-electron chi connectivity index (χ2n) is 3.84. The second-order valence-corrected chi connectivity index (χ2v) is 4.87. The fourth-order valence-corrected chi connectivity index (χ4v) is 2.59. The van der Waals surface area contributed by atoms with Gasteiger partial charge in [0.1, 0.15) is 15.7 Å². The van der Waals surface area contributed by atoms with Gasteiger partial charge in [0, 0.05) is 23.5 Å². The van der Waals surface area contributed by atoms with Crippen molar-refractivity contribution in [3.8, 4) is 21.8 Å². The Bertz CT molecular complexity index is 647. The van der Waals surface area contributed by atoms with Crippen LogP contribution in [0.3, 0.4) is 0 Å². The van der Waals surface area contributed by atoms with E-state index >= 15 is 0 Å². The highest BCUT2D eigenvalue weighted by atomic mass is 32.1. The van der Waals surface area contributed by atoms with Gasteiger partial charge in [-0.05, 0) is 12.1 Å². The zero-order valence-corrected chi connectivity index (χ0v) is 10.4. The minimum atomic E-state index is 0.736. The van der Waals surface area contributed by atoms with Crippen LogP contribution in [-0.2, 0) is 0 Å². The van der Waals surface area contributed by atoms with Gasteiger partial charge >= 0.3 is 0 Å². The van der Waals surface area contributed by atoms with Gasteiger partial charge in [0.15, 0.2) is 0 Å². The van der Waals surface area contributed by atoms with Crippen LogP contribution in [0.25, 0.3) is 21.8 Å². The number of nitrogen functional groups attached to an aromatic ring is 1. The molecule has 4 heteroatoms. The average molecular weight is 253 g/mol. The minimum absolute atomic E-state index is 0.736. The molecule has 0 saturated heterocycles. The van der Waals surface area contributed by atoms with E-state index in [1.54, 1.807) is 12.4 Å². The Morgan fingerprint density at radius 3 is 2.44 bits per heavy atom. The largest absolute Gasteiger partial charge is 0.389 e. The molecule has 18 heavy (non-hydrogen) atoms. The van der Waals surface area contributed by atoms with Crippen molar-refractivity contribution < 1.29 is 0 Å². The molecule has 0 fully saturated rings. The van der Waals surface area contributed by atoms with Gasteiger partial charge in [-0.2, -0.15) is 0 Å². The Morgan fingerprint density at radius 2 is 1.72 bits per heavy atom. The van der Waals surface area contributed by atoms with Crippen molar-refractivity contribution in [3.05, 3.63) is 54.9 Å². The SMILES string of the molecule is Nc1sc(-c2cccnc2)nc1-c1ccccc1. The zero-order chi connectivity index (χ0) is 12.4. The number of rotatable bonds is 2. The number of thiazole rings is 1. The van der Waals surface area contributed by atoms with Crippen LogP contribution < -0.4 is 5.73 Å². The third-order valence-corrected chi connectivity index (χ3v) is 3.54. The Hall–Kier alpha value is -2.20. The summed E-state index contributed by atoms with van der Waals surface area (Å²) in [5, 5.41) is 1.64. The van der Waals surface area contributed by atoms with Gasteiger partial charge in [-0.15, -0.1) is 0 Å².